The van der Waals surface area contributed by atoms with Crippen LogP contribution in [0.5, 0.6) is 5.75 Å². The first-order chi connectivity index (χ1) is 8.90. The lowest BCUT2D eigenvalue weighted by Crippen LogP contribution is -2.10. The molecule has 0 aliphatic rings. The van der Waals surface area contributed by atoms with Gasteiger partial charge in [0.15, 0.2) is 0 Å². The molecule has 0 spiro atoms. The Labute approximate surface area is 108 Å². The number of imidazole rings is 1. The Hall–Kier alpha value is -1.92. The van der Waals surface area contributed by atoms with Crippen LogP contribution in [0.1, 0.15) is 12.8 Å². The molecule has 0 amide bonds. The second-order valence-corrected chi connectivity index (χ2v) is 4.20. The smallest absolute Gasteiger partial charge is 0.389 e. The molecule has 0 aliphatic carbocycles. The molecule has 0 radical (unpaired) electrons. The fourth-order valence-corrected chi connectivity index (χ4v) is 1.92. The summed E-state index contributed by atoms with van der Waals surface area (Å²) in [6.07, 6.45) is -5.02. The van der Waals surface area contributed by atoms with Gasteiger partial charge >= 0.3 is 6.18 Å². The van der Waals surface area contributed by atoms with E-state index in [9.17, 15) is 13.2 Å². The van der Waals surface area contributed by atoms with Crippen molar-refractivity contribution in [3.63, 3.8) is 0 Å². The number of anilines is 1. The number of aryl methyl sites for hydroxylation is 1. The van der Waals surface area contributed by atoms with Crippen molar-refractivity contribution in [1.29, 1.82) is 0 Å². The van der Waals surface area contributed by atoms with E-state index in [1.807, 2.05) is 0 Å². The van der Waals surface area contributed by atoms with Gasteiger partial charge in [0.1, 0.15) is 5.75 Å². The van der Waals surface area contributed by atoms with E-state index in [2.05, 4.69) is 4.98 Å². The molecule has 0 bridgehead atoms. The van der Waals surface area contributed by atoms with Crippen LogP contribution in [0.3, 0.4) is 0 Å². The number of nitrogens with zero attached hydrogens (tertiary/aromatic N) is 2. The molecule has 0 fully saturated rings. The molecule has 4 nitrogen and oxygen atoms in total. The lowest BCUT2D eigenvalue weighted by atomic mass is 10.2. The molecule has 19 heavy (non-hydrogen) atoms. The van der Waals surface area contributed by atoms with E-state index in [0.29, 0.717) is 16.8 Å². The maximum absolute atomic E-state index is 12.1. The number of alkyl halides is 3. The van der Waals surface area contributed by atoms with Crippen LogP contribution in [-0.2, 0) is 6.54 Å². The Morgan fingerprint density at radius 2 is 2.11 bits per heavy atom. The topological polar surface area (TPSA) is 53.1 Å². The fourth-order valence-electron chi connectivity index (χ4n) is 1.92. The van der Waals surface area contributed by atoms with Crippen molar-refractivity contribution < 1.29 is 17.9 Å². The number of rotatable bonds is 4. The van der Waals surface area contributed by atoms with Gasteiger partial charge in [0.25, 0.3) is 0 Å². The van der Waals surface area contributed by atoms with Crippen molar-refractivity contribution in [3.8, 4) is 5.75 Å². The molecule has 1 heterocycles. The van der Waals surface area contributed by atoms with E-state index in [-0.39, 0.29) is 18.9 Å². The summed E-state index contributed by atoms with van der Waals surface area (Å²) in [5.41, 5.74) is 7.05. The predicted octanol–water partition coefficient (Wildman–Crippen LogP) is 2.97. The number of halogens is 3. The summed E-state index contributed by atoms with van der Waals surface area (Å²) in [6.45, 7) is 0.176. The molecule has 2 rings (SSSR count). The minimum atomic E-state index is -4.15. The maximum Gasteiger partial charge on any atom is 0.389 e. The molecule has 0 atom stereocenters. The number of benzene rings is 1. The number of methoxy groups -OCH3 is 1. The van der Waals surface area contributed by atoms with Gasteiger partial charge in [0, 0.05) is 19.0 Å². The molecule has 1 aromatic carbocycles. The van der Waals surface area contributed by atoms with Gasteiger partial charge in [-0.25, -0.2) is 4.98 Å². The van der Waals surface area contributed by atoms with Crippen LogP contribution in [0.25, 0.3) is 11.0 Å². The Morgan fingerprint density at radius 3 is 2.74 bits per heavy atom. The summed E-state index contributed by atoms with van der Waals surface area (Å²) in [6, 6.07) is 5.17. The molecule has 0 saturated heterocycles. The molecule has 104 valence electrons. The van der Waals surface area contributed by atoms with Crippen molar-refractivity contribution in [2.75, 3.05) is 12.8 Å². The van der Waals surface area contributed by atoms with Gasteiger partial charge in [-0.2, -0.15) is 13.2 Å². The zero-order valence-corrected chi connectivity index (χ0v) is 10.4. The third-order valence-corrected chi connectivity index (χ3v) is 2.83. The SMILES string of the molecule is COc1ccc2nc(N)n(CCCC(F)(F)F)c2c1. The average molecular weight is 273 g/mol. The molecular weight excluding hydrogens is 259 g/mol. The Morgan fingerprint density at radius 1 is 1.37 bits per heavy atom. The number of hydrogen-bond acceptors (Lipinski definition) is 3. The minimum absolute atomic E-state index is 0.0314. The monoisotopic (exact) mass is 273 g/mol. The summed E-state index contributed by atoms with van der Waals surface area (Å²) >= 11 is 0. The first-order valence-corrected chi connectivity index (χ1v) is 5.77. The molecule has 1 aromatic heterocycles. The second-order valence-electron chi connectivity index (χ2n) is 4.20. The lowest BCUT2D eigenvalue weighted by Gasteiger charge is -2.09. The highest BCUT2D eigenvalue weighted by atomic mass is 19.4. The zero-order valence-electron chi connectivity index (χ0n) is 10.4. The number of nitrogen functional groups attached to an aromatic ring is 1. The van der Waals surface area contributed by atoms with Crippen molar-refractivity contribution in [2.45, 2.75) is 25.6 Å². The highest BCUT2D eigenvalue weighted by Crippen LogP contribution is 2.26. The number of aromatic nitrogens is 2. The fraction of sp³-hybridized carbons (Fsp3) is 0.417. The highest BCUT2D eigenvalue weighted by Gasteiger charge is 2.26. The van der Waals surface area contributed by atoms with Gasteiger partial charge < -0.3 is 15.0 Å². The largest absolute Gasteiger partial charge is 0.497 e. The van der Waals surface area contributed by atoms with E-state index in [0.717, 1.165) is 0 Å². The summed E-state index contributed by atoms with van der Waals surface area (Å²) in [5, 5.41) is 0. The van der Waals surface area contributed by atoms with Crippen LogP contribution in [-0.4, -0.2) is 22.8 Å². The highest BCUT2D eigenvalue weighted by molar-refractivity contribution is 5.79. The summed E-state index contributed by atoms with van der Waals surface area (Å²) in [5.74, 6) is 0.829. The van der Waals surface area contributed by atoms with Gasteiger partial charge in [0.05, 0.1) is 18.1 Å². The van der Waals surface area contributed by atoms with Crippen LogP contribution in [0.2, 0.25) is 0 Å². The van der Waals surface area contributed by atoms with E-state index in [1.54, 1.807) is 22.8 Å². The van der Waals surface area contributed by atoms with Crippen molar-refractivity contribution in [2.24, 2.45) is 0 Å². The third-order valence-electron chi connectivity index (χ3n) is 2.83. The standard InChI is InChI=1S/C12H14F3N3O/c1-19-8-3-4-9-10(7-8)18(11(16)17-9)6-2-5-12(13,14)15/h3-4,7H,2,5-6H2,1H3,(H2,16,17). The van der Waals surface area contributed by atoms with Gasteiger partial charge in [-0.1, -0.05) is 0 Å². The van der Waals surface area contributed by atoms with Gasteiger partial charge in [-0.05, 0) is 18.6 Å². The van der Waals surface area contributed by atoms with E-state index < -0.39 is 12.6 Å². The molecular formula is C12H14F3N3O. The number of nitrogens with two attached hydrogens (primary N) is 1. The zero-order chi connectivity index (χ0) is 14.0. The Balaban J connectivity index is 2.23. The van der Waals surface area contributed by atoms with Crippen LogP contribution in [0.15, 0.2) is 18.2 Å². The molecule has 2 aromatic rings. The van der Waals surface area contributed by atoms with Gasteiger partial charge in [-0.3, -0.25) is 0 Å². The average Bonchev–Trinajstić information content (AvgIpc) is 2.63. The number of hydrogen-bond donors (Lipinski definition) is 1. The Bertz CT molecular complexity index is 577. The number of ether oxygens (including phenoxy) is 1. The third kappa shape index (κ3) is 3.10. The molecule has 0 saturated carbocycles. The van der Waals surface area contributed by atoms with Gasteiger partial charge in [0.2, 0.25) is 5.95 Å². The van der Waals surface area contributed by atoms with Crippen LogP contribution in [0.4, 0.5) is 19.1 Å². The van der Waals surface area contributed by atoms with Crippen LogP contribution in [0, 0.1) is 0 Å². The number of fused-ring (bicyclic) bond motifs is 1. The van der Waals surface area contributed by atoms with Crippen molar-refractivity contribution >= 4 is 17.0 Å². The van der Waals surface area contributed by atoms with E-state index in [1.165, 1.54) is 7.11 Å². The summed E-state index contributed by atoms with van der Waals surface area (Å²) in [4.78, 5) is 4.11. The quantitative estimate of drug-likeness (QED) is 0.931. The molecule has 7 heteroatoms. The first kappa shape index (κ1) is 13.5. The van der Waals surface area contributed by atoms with Crippen molar-refractivity contribution in [3.05, 3.63) is 18.2 Å². The summed E-state index contributed by atoms with van der Waals surface area (Å²) < 4.78 is 43.1. The maximum atomic E-state index is 12.1. The normalized spacial score (nSPS) is 12.0. The Kier molecular flexibility index (Phi) is 3.55. The van der Waals surface area contributed by atoms with E-state index >= 15 is 0 Å². The lowest BCUT2D eigenvalue weighted by molar-refractivity contribution is -0.135. The molecule has 0 unspecified atom stereocenters. The van der Waals surface area contributed by atoms with E-state index in [4.69, 9.17) is 10.5 Å². The summed E-state index contributed by atoms with van der Waals surface area (Å²) in [7, 11) is 1.52. The first-order valence-electron chi connectivity index (χ1n) is 5.77. The second kappa shape index (κ2) is 4.99. The minimum Gasteiger partial charge on any atom is -0.497 e. The van der Waals surface area contributed by atoms with Crippen molar-refractivity contribution in [1.82, 2.24) is 9.55 Å². The van der Waals surface area contributed by atoms with Gasteiger partial charge in [-0.15, -0.1) is 0 Å². The van der Waals surface area contributed by atoms with Crippen LogP contribution >= 0.6 is 0 Å². The van der Waals surface area contributed by atoms with Crippen LogP contribution < -0.4 is 10.5 Å². The molecule has 2 N–H and O–H groups in total. The molecule has 0 aliphatic heterocycles. The predicted molar refractivity (Wildman–Crippen MR) is 66.0 cm³/mol.